The Morgan fingerprint density at radius 1 is 1.09 bits per heavy atom. The lowest BCUT2D eigenvalue weighted by atomic mass is 9.93. The predicted molar refractivity (Wildman–Crippen MR) is 165 cm³/mol. The van der Waals surface area contributed by atoms with Gasteiger partial charge < -0.3 is 24.8 Å². The van der Waals surface area contributed by atoms with Gasteiger partial charge in [0, 0.05) is 30.8 Å². The van der Waals surface area contributed by atoms with Crippen LogP contribution in [0.3, 0.4) is 0 Å². The maximum absolute atomic E-state index is 13.9. The molecule has 1 aliphatic heterocycles. The van der Waals surface area contributed by atoms with E-state index in [1.807, 2.05) is 24.3 Å². The molecule has 2 aliphatic rings. The second-order valence-electron chi connectivity index (χ2n) is 10.2. The van der Waals surface area contributed by atoms with Crippen molar-refractivity contribution < 1.29 is 41.7 Å². The summed E-state index contributed by atoms with van der Waals surface area (Å²) in [4.78, 5) is 23.9. The van der Waals surface area contributed by atoms with Gasteiger partial charge in [0.1, 0.15) is 30.5 Å². The van der Waals surface area contributed by atoms with E-state index in [0.29, 0.717) is 41.1 Å². The number of rotatable bonds is 10. The van der Waals surface area contributed by atoms with Crippen molar-refractivity contribution in [2.45, 2.75) is 38.0 Å². The molecule has 3 aromatic rings. The number of nitrogens with zero attached hydrogens (tertiary/aromatic N) is 1. The lowest BCUT2D eigenvalue weighted by Crippen LogP contribution is -2.39. The monoisotopic (exact) mass is 712 g/mol. The fraction of sp³-hybridized carbons (Fsp3) is 0.312. The number of carbonyl (C=O) groups is 2. The van der Waals surface area contributed by atoms with Crippen LogP contribution in [0.1, 0.15) is 36.0 Å². The van der Waals surface area contributed by atoms with Gasteiger partial charge in [0.25, 0.3) is 12.4 Å². The molecule has 0 saturated heterocycles. The zero-order valence-electron chi connectivity index (χ0n) is 23.9. The van der Waals surface area contributed by atoms with Crippen LogP contribution in [-0.4, -0.2) is 54.7 Å². The molecule has 0 bridgehead atoms. The third-order valence-corrected chi connectivity index (χ3v) is 8.26. The molecule has 1 fully saturated rings. The second-order valence-corrected chi connectivity index (χ2v) is 11.5. The second kappa shape index (κ2) is 15.6. The molecule has 1 saturated carbocycles. The zero-order valence-corrected chi connectivity index (χ0v) is 26.2. The summed E-state index contributed by atoms with van der Waals surface area (Å²) in [5, 5.41) is 9.77. The van der Waals surface area contributed by atoms with Crippen molar-refractivity contribution in [1.29, 1.82) is 0 Å². The minimum absolute atomic E-state index is 0.00404. The fourth-order valence-corrected chi connectivity index (χ4v) is 5.54. The molecule has 1 aliphatic carbocycles. The Morgan fingerprint density at radius 3 is 2.44 bits per heavy atom. The number of alkyl halides is 3. The minimum Gasteiger partial charge on any atom is -0.490 e. The van der Waals surface area contributed by atoms with Crippen LogP contribution in [0.2, 0.25) is 5.02 Å². The number of benzene rings is 3. The van der Waals surface area contributed by atoms with E-state index in [1.54, 1.807) is 11.0 Å². The summed E-state index contributed by atoms with van der Waals surface area (Å²) in [6.07, 6.45) is -2.36. The number of hydrogen-bond donors (Lipinski definition) is 2. The largest absolute Gasteiger partial charge is 0.490 e. The molecule has 0 unspecified atom stereocenters. The van der Waals surface area contributed by atoms with E-state index in [2.05, 4.69) is 21.2 Å². The summed E-state index contributed by atoms with van der Waals surface area (Å²) in [6.45, 7) is 1.27. The smallest absolute Gasteiger partial charge is 0.417 e. The SMILES string of the molecule is O=C(C1=C(c2ccc(OCCOc3cc(F)ccc3Br)cc2)CCNC1)N(Cc1cccc(C(F)(F)F)c1Cl)C1CC1.O=CO. The predicted octanol–water partition coefficient (Wildman–Crippen LogP) is 7.36. The van der Waals surface area contributed by atoms with Crippen molar-refractivity contribution in [2.24, 2.45) is 0 Å². The van der Waals surface area contributed by atoms with E-state index in [9.17, 15) is 22.4 Å². The highest BCUT2D eigenvalue weighted by molar-refractivity contribution is 9.10. The normalized spacial score (nSPS) is 14.7. The number of amides is 1. The van der Waals surface area contributed by atoms with Crippen molar-refractivity contribution in [3.05, 3.63) is 98.2 Å². The lowest BCUT2D eigenvalue weighted by Gasteiger charge is -2.29. The molecular weight excluding hydrogens is 684 g/mol. The van der Waals surface area contributed by atoms with Gasteiger partial charge in [-0.1, -0.05) is 35.9 Å². The van der Waals surface area contributed by atoms with E-state index in [1.165, 1.54) is 24.3 Å². The van der Waals surface area contributed by atoms with Gasteiger partial charge in [0.15, 0.2) is 0 Å². The maximum atomic E-state index is 13.9. The van der Waals surface area contributed by atoms with E-state index < -0.39 is 17.6 Å². The van der Waals surface area contributed by atoms with Crippen molar-refractivity contribution in [3.8, 4) is 11.5 Å². The Balaban J connectivity index is 0.00000148. The number of halogens is 6. The summed E-state index contributed by atoms with van der Waals surface area (Å²) < 4.78 is 65.7. The molecule has 7 nitrogen and oxygen atoms in total. The van der Waals surface area contributed by atoms with Gasteiger partial charge in [-0.3, -0.25) is 9.59 Å². The van der Waals surface area contributed by atoms with Crippen molar-refractivity contribution in [3.63, 3.8) is 0 Å². The fourth-order valence-electron chi connectivity index (χ4n) is 4.89. The molecule has 13 heteroatoms. The van der Waals surface area contributed by atoms with Crippen LogP contribution in [0, 0.1) is 5.82 Å². The van der Waals surface area contributed by atoms with Crippen LogP contribution < -0.4 is 14.8 Å². The van der Waals surface area contributed by atoms with Crippen molar-refractivity contribution in [2.75, 3.05) is 26.3 Å². The molecule has 3 aromatic carbocycles. The van der Waals surface area contributed by atoms with Gasteiger partial charge in [-0.05, 0) is 88.8 Å². The number of ether oxygens (including phenoxy) is 2. The van der Waals surface area contributed by atoms with Gasteiger partial charge in [-0.25, -0.2) is 4.39 Å². The quantitative estimate of drug-likeness (QED) is 0.130. The topological polar surface area (TPSA) is 88.1 Å². The molecule has 0 radical (unpaired) electrons. The Hall–Kier alpha value is -3.61. The van der Waals surface area contributed by atoms with Gasteiger partial charge in [0.2, 0.25) is 0 Å². The van der Waals surface area contributed by atoms with Gasteiger partial charge in [0.05, 0.1) is 15.1 Å². The summed E-state index contributed by atoms with van der Waals surface area (Å²) in [6, 6.07) is 15.4. The molecule has 45 heavy (non-hydrogen) atoms. The lowest BCUT2D eigenvalue weighted by molar-refractivity contribution is -0.137. The van der Waals surface area contributed by atoms with Crippen molar-refractivity contribution in [1.82, 2.24) is 10.2 Å². The first kappa shape index (κ1) is 34.3. The molecule has 240 valence electrons. The van der Waals surface area contributed by atoms with Crippen LogP contribution in [0.4, 0.5) is 17.6 Å². The average Bonchev–Trinajstić information content (AvgIpc) is 3.86. The third kappa shape index (κ3) is 9.21. The molecular formula is C32H30BrClF4N2O5. The molecule has 0 spiro atoms. The number of hydrogen-bond acceptors (Lipinski definition) is 5. The number of carbonyl (C=O) groups excluding carboxylic acids is 1. The van der Waals surface area contributed by atoms with Crippen molar-refractivity contribution >= 4 is 45.5 Å². The Labute approximate surface area is 270 Å². The molecule has 1 heterocycles. The summed E-state index contributed by atoms with van der Waals surface area (Å²) in [7, 11) is 0. The molecule has 0 atom stereocenters. The first-order valence-corrected chi connectivity index (χ1v) is 15.2. The summed E-state index contributed by atoms with van der Waals surface area (Å²) in [5.74, 6) is 0.407. The highest BCUT2D eigenvalue weighted by atomic mass is 79.9. The van der Waals surface area contributed by atoms with Gasteiger partial charge >= 0.3 is 6.18 Å². The summed E-state index contributed by atoms with van der Waals surface area (Å²) in [5.41, 5.74) is 1.73. The summed E-state index contributed by atoms with van der Waals surface area (Å²) >= 11 is 9.49. The molecule has 1 amide bonds. The first-order chi connectivity index (χ1) is 21.5. The highest BCUT2D eigenvalue weighted by Gasteiger charge is 2.38. The van der Waals surface area contributed by atoms with Crippen LogP contribution in [-0.2, 0) is 22.3 Å². The first-order valence-electron chi connectivity index (χ1n) is 14.0. The van der Waals surface area contributed by atoms with Gasteiger partial charge in [-0.2, -0.15) is 13.2 Å². The maximum Gasteiger partial charge on any atom is 0.417 e. The average molecular weight is 714 g/mol. The van der Waals surface area contributed by atoms with E-state index >= 15 is 0 Å². The standard InChI is InChI=1S/C31H28BrClF4N2O3.CH2O2/c32-27-11-6-21(34)16-28(27)42-15-14-41-23-9-4-19(5-10-23)24-12-13-38-17-25(24)30(40)39(22-7-8-22)18-20-2-1-3-26(29(20)33)31(35,36)37;2-1-3/h1-6,9-11,16,22,38H,7-8,12-15,17-18H2;1H,(H,2,3). The third-order valence-electron chi connectivity index (χ3n) is 7.15. The Kier molecular flexibility index (Phi) is 11.9. The van der Waals surface area contributed by atoms with Crippen LogP contribution in [0.15, 0.2) is 70.7 Å². The Bertz CT molecular complexity index is 1530. The van der Waals surface area contributed by atoms with E-state index in [0.717, 1.165) is 30.0 Å². The van der Waals surface area contributed by atoms with Crippen LogP contribution in [0.5, 0.6) is 11.5 Å². The molecule has 5 rings (SSSR count). The van der Waals surface area contributed by atoms with E-state index in [-0.39, 0.29) is 48.8 Å². The Morgan fingerprint density at radius 2 is 1.78 bits per heavy atom. The van der Waals surface area contributed by atoms with Gasteiger partial charge in [-0.15, -0.1) is 0 Å². The molecule has 0 aromatic heterocycles. The minimum atomic E-state index is -4.58. The number of nitrogens with one attached hydrogen (secondary N) is 1. The van der Waals surface area contributed by atoms with Crippen LogP contribution in [0.25, 0.3) is 5.57 Å². The highest BCUT2D eigenvalue weighted by Crippen LogP contribution is 2.39. The van der Waals surface area contributed by atoms with E-state index in [4.69, 9.17) is 31.0 Å². The van der Waals surface area contributed by atoms with Crippen LogP contribution >= 0.6 is 27.5 Å². The molecule has 2 N–H and O–H groups in total. The zero-order chi connectivity index (χ0) is 32.6. The number of carboxylic acid groups (broad SMARTS) is 1.